The van der Waals surface area contributed by atoms with Gasteiger partial charge in [-0.25, -0.2) is 23.9 Å². The van der Waals surface area contributed by atoms with Crippen LogP contribution in [0.2, 0.25) is 0 Å². The van der Waals surface area contributed by atoms with Crippen LogP contribution in [0.3, 0.4) is 0 Å². The lowest BCUT2D eigenvalue weighted by Gasteiger charge is -2.05. The van der Waals surface area contributed by atoms with Gasteiger partial charge in [0.1, 0.15) is 39.5 Å². The number of halogens is 1. The summed E-state index contributed by atoms with van der Waals surface area (Å²) in [5.41, 5.74) is 6.71. The van der Waals surface area contributed by atoms with Crippen LogP contribution in [-0.2, 0) is 22.7 Å². The maximum absolute atomic E-state index is 13.0. The standard InChI is InChI=1S/C23H20FN3O6S/c1-3-30-23(29)19-12(2)18-20(25)26-17(27-21(18)34-19)11-32-22(28)16-9-8-15(33-16)10-31-14-6-4-13(24)5-7-14/h4-9H,3,10-11H2,1-2H3,(H2,25,26,27). The third-order valence-electron chi connectivity index (χ3n) is 4.72. The topological polar surface area (TPSA) is 127 Å². The molecule has 3 heterocycles. The van der Waals surface area contributed by atoms with Crippen LogP contribution >= 0.6 is 11.3 Å². The molecule has 0 fully saturated rings. The van der Waals surface area contributed by atoms with Gasteiger partial charge >= 0.3 is 11.9 Å². The SMILES string of the molecule is CCOC(=O)c1sc2nc(COC(=O)c3ccc(COc4ccc(F)cc4)o3)nc(N)c2c1C. The molecule has 0 amide bonds. The van der Waals surface area contributed by atoms with Crippen LogP contribution in [-0.4, -0.2) is 28.5 Å². The molecule has 0 atom stereocenters. The Balaban J connectivity index is 1.40. The van der Waals surface area contributed by atoms with Gasteiger partial charge in [0, 0.05) is 0 Å². The second-order valence-electron chi connectivity index (χ2n) is 7.07. The largest absolute Gasteiger partial charge is 0.486 e. The van der Waals surface area contributed by atoms with E-state index in [2.05, 4.69) is 9.97 Å². The maximum Gasteiger partial charge on any atom is 0.374 e. The molecular weight excluding hydrogens is 465 g/mol. The highest BCUT2D eigenvalue weighted by atomic mass is 32.1. The number of esters is 2. The number of hydrogen-bond donors (Lipinski definition) is 1. The molecule has 4 rings (SSSR count). The zero-order valence-corrected chi connectivity index (χ0v) is 19.1. The van der Waals surface area contributed by atoms with E-state index in [9.17, 15) is 14.0 Å². The average molecular weight is 485 g/mol. The summed E-state index contributed by atoms with van der Waals surface area (Å²) in [5, 5.41) is 0.569. The molecule has 0 aliphatic rings. The molecule has 0 aliphatic heterocycles. The van der Waals surface area contributed by atoms with Crippen molar-refractivity contribution in [2.45, 2.75) is 27.1 Å². The lowest BCUT2D eigenvalue weighted by molar-refractivity contribution is 0.0421. The highest BCUT2D eigenvalue weighted by molar-refractivity contribution is 7.20. The van der Waals surface area contributed by atoms with Gasteiger partial charge < -0.3 is 24.4 Å². The number of nitrogens with zero attached hydrogens (tertiary/aromatic N) is 2. The Kier molecular flexibility index (Phi) is 6.73. The predicted molar refractivity (Wildman–Crippen MR) is 121 cm³/mol. The highest BCUT2D eigenvalue weighted by Gasteiger charge is 2.21. The molecule has 176 valence electrons. The predicted octanol–water partition coefficient (Wildman–Crippen LogP) is 4.43. The Morgan fingerprint density at radius 2 is 1.82 bits per heavy atom. The van der Waals surface area contributed by atoms with Gasteiger partial charge in [-0.05, 0) is 55.8 Å². The van der Waals surface area contributed by atoms with Crippen molar-refractivity contribution >= 4 is 39.3 Å². The van der Waals surface area contributed by atoms with Crippen LogP contribution < -0.4 is 10.5 Å². The first-order valence-electron chi connectivity index (χ1n) is 10.2. The molecule has 34 heavy (non-hydrogen) atoms. The van der Waals surface area contributed by atoms with Crippen molar-refractivity contribution in [1.29, 1.82) is 0 Å². The summed E-state index contributed by atoms with van der Waals surface area (Å²) in [6.07, 6.45) is 0. The molecule has 4 aromatic rings. The lowest BCUT2D eigenvalue weighted by Crippen LogP contribution is -2.08. The second kappa shape index (κ2) is 9.87. The number of aromatic nitrogens is 2. The van der Waals surface area contributed by atoms with Crippen molar-refractivity contribution in [2.24, 2.45) is 0 Å². The summed E-state index contributed by atoms with van der Waals surface area (Å²) < 4.78 is 34.2. The van der Waals surface area contributed by atoms with Gasteiger partial charge in [0.05, 0.1) is 12.0 Å². The Bertz CT molecular complexity index is 1350. The number of carbonyl (C=O) groups is 2. The van der Waals surface area contributed by atoms with E-state index in [1.54, 1.807) is 19.9 Å². The molecule has 9 nitrogen and oxygen atoms in total. The Hall–Kier alpha value is -3.99. The number of aryl methyl sites for hydroxylation is 1. The summed E-state index contributed by atoms with van der Waals surface area (Å²) in [5.74, 6) is -0.352. The molecule has 0 radical (unpaired) electrons. The van der Waals surface area contributed by atoms with Crippen LogP contribution in [0.25, 0.3) is 10.2 Å². The number of ether oxygens (including phenoxy) is 3. The number of benzene rings is 1. The van der Waals surface area contributed by atoms with Crippen LogP contribution in [0.15, 0.2) is 40.8 Å². The molecular formula is C23H20FN3O6S. The minimum absolute atomic E-state index is 0.0247. The number of anilines is 1. The van der Waals surface area contributed by atoms with Crippen molar-refractivity contribution < 1.29 is 32.6 Å². The third kappa shape index (κ3) is 4.99. The molecule has 1 aromatic carbocycles. The number of thiophene rings is 1. The van der Waals surface area contributed by atoms with E-state index in [0.717, 1.165) is 11.3 Å². The van der Waals surface area contributed by atoms with Gasteiger partial charge in [0.25, 0.3) is 0 Å². The quantitative estimate of drug-likeness (QED) is 0.361. The summed E-state index contributed by atoms with van der Waals surface area (Å²) in [6, 6.07) is 8.56. The van der Waals surface area contributed by atoms with E-state index in [0.29, 0.717) is 32.2 Å². The third-order valence-corrected chi connectivity index (χ3v) is 5.88. The number of nitrogen functional groups attached to an aromatic ring is 1. The monoisotopic (exact) mass is 485 g/mol. The van der Waals surface area contributed by atoms with E-state index in [1.165, 1.54) is 30.3 Å². The first-order valence-corrected chi connectivity index (χ1v) is 11.0. The van der Waals surface area contributed by atoms with E-state index in [4.69, 9.17) is 24.4 Å². The normalized spacial score (nSPS) is 10.9. The molecule has 3 aromatic heterocycles. The molecule has 0 saturated carbocycles. The first-order chi connectivity index (χ1) is 16.4. The summed E-state index contributed by atoms with van der Waals surface area (Å²) in [6.45, 7) is 3.53. The zero-order chi connectivity index (χ0) is 24.2. The number of hydrogen-bond acceptors (Lipinski definition) is 10. The molecule has 0 spiro atoms. The number of rotatable bonds is 8. The fourth-order valence-electron chi connectivity index (χ4n) is 3.12. The maximum atomic E-state index is 13.0. The molecule has 0 saturated heterocycles. The second-order valence-corrected chi connectivity index (χ2v) is 8.07. The Morgan fingerprint density at radius 1 is 1.06 bits per heavy atom. The van der Waals surface area contributed by atoms with Gasteiger partial charge in [0.15, 0.2) is 12.4 Å². The fraction of sp³-hybridized carbons (Fsp3) is 0.217. The van der Waals surface area contributed by atoms with Gasteiger partial charge in [0.2, 0.25) is 5.76 Å². The minimum atomic E-state index is -0.718. The van der Waals surface area contributed by atoms with E-state index < -0.39 is 11.9 Å². The van der Waals surface area contributed by atoms with E-state index in [1.807, 2.05) is 0 Å². The molecule has 0 bridgehead atoms. The van der Waals surface area contributed by atoms with Gasteiger partial charge in [-0.15, -0.1) is 11.3 Å². The fourth-order valence-corrected chi connectivity index (χ4v) is 4.22. The smallest absolute Gasteiger partial charge is 0.374 e. The van der Waals surface area contributed by atoms with Crippen molar-refractivity contribution in [3.05, 3.63) is 70.0 Å². The van der Waals surface area contributed by atoms with Crippen molar-refractivity contribution in [1.82, 2.24) is 9.97 Å². The Morgan fingerprint density at radius 3 is 2.56 bits per heavy atom. The molecule has 11 heteroatoms. The zero-order valence-electron chi connectivity index (χ0n) is 18.3. The molecule has 2 N–H and O–H groups in total. The number of carbonyl (C=O) groups excluding carboxylic acids is 2. The lowest BCUT2D eigenvalue weighted by atomic mass is 10.2. The van der Waals surface area contributed by atoms with Crippen molar-refractivity contribution in [2.75, 3.05) is 12.3 Å². The van der Waals surface area contributed by atoms with Crippen molar-refractivity contribution in [3.8, 4) is 5.75 Å². The van der Waals surface area contributed by atoms with Gasteiger partial charge in [-0.3, -0.25) is 0 Å². The first kappa shape index (κ1) is 23.2. The van der Waals surface area contributed by atoms with E-state index >= 15 is 0 Å². The minimum Gasteiger partial charge on any atom is -0.486 e. The summed E-state index contributed by atoms with van der Waals surface area (Å²) >= 11 is 1.14. The molecule has 0 unspecified atom stereocenters. The van der Waals surface area contributed by atoms with Gasteiger partial charge in [-0.1, -0.05) is 0 Å². The van der Waals surface area contributed by atoms with Crippen LogP contribution in [0, 0.1) is 12.7 Å². The number of nitrogens with two attached hydrogens (primary N) is 1. The average Bonchev–Trinajstić information content (AvgIpc) is 3.42. The summed E-state index contributed by atoms with van der Waals surface area (Å²) in [4.78, 5) is 34.0. The number of furan rings is 1. The van der Waals surface area contributed by atoms with E-state index in [-0.39, 0.29) is 43.0 Å². The molecule has 0 aliphatic carbocycles. The van der Waals surface area contributed by atoms with Crippen LogP contribution in [0.1, 0.15) is 44.3 Å². The van der Waals surface area contributed by atoms with Crippen molar-refractivity contribution in [3.63, 3.8) is 0 Å². The van der Waals surface area contributed by atoms with Crippen LogP contribution in [0.5, 0.6) is 5.75 Å². The van der Waals surface area contributed by atoms with Crippen LogP contribution in [0.4, 0.5) is 10.2 Å². The number of fused-ring (bicyclic) bond motifs is 1. The Labute approximate surface area is 197 Å². The summed E-state index contributed by atoms with van der Waals surface area (Å²) in [7, 11) is 0. The highest BCUT2D eigenvalue weighted by Crippen LogP contribution is 2.33. The van der Waals surface area contributed by atoms with Gasteiger partial charge in [-0.2, -0.15) is 0 Å².